The van der Waals surface area contributed by atoms with Gasteiger partial charge in [-0.1, -0.05) is 5.16 Å². The van der Waals surface area contributed by atoms with Crippen molar-refractivity contribution >= 4 is 34.9 Å². The molecule has 2 amide bonds. The molecule has 10 nitrogen and oxygen atoms in total. The van der Waals surface area contributed by atoms with Crippen molar-refractivity contribution in [2.45, 2.75) is 13.0 Å². The van der Waals surface area contributed by atoms with Crippen LogP contribution in [0.2, 0.25) is 0 Å². The first-order valence-corrected chi connectivity index (χ1v) is 8.51. The Morgan fingerprint density at radius 2 is 1.76 bits per heavy atom. The lowest BCUT2D eigenvalue weighted by Gasteiger charge is -2.15. The summed E-state index contributed by atoms with van der Waals surface area (Å²) in [5.41, 5.74) is 0.892. The quantitative estimate of drug-likeness (QED) is 0.254. The molecule has 29 heavy (non-hydrogen) atoms. The molecule has 2 aromatic carbocycles. The van der Waals surface area contributed by atoms with Gasteiger partial charge in [-0.2, -0.15) is 0 Å². The van der Waals surface area contributed by atoms with Crippen molar-refractivity contribution in [1.82, 2.24) is 0 Å². The van der Waals surface area contributed by atoms with E-state index >= 15 is 0 Å². The molecule has 2 aliphatic heterocycles. The minimum absolute atomic E-state index is 0.104. The number of esters is 1. The van der Waals surface area contributed by atoms with E-state index in [-0.39, 0.29) is 17.1 Å². The summed E-state index contributed by atoms with van der Waals surface area (Å²) in [6.07, 6.45) is -1.10. The number of nitro benzene ring substituents is 1. The molecule has 0 saturated carbocycles. The Balaban J connectivity index is 1.60. The van der Waals surface area contributed by atoms with Crippen LogP contribution in [0.25, 0.3) is 0 Å². The van der Waals surface area contributed by atoms with Crippen LogP contribution in [-0.4, -0.2) is 34.5 Å². The van der Waals surface area contributed by atoms with Crippen LogP contribution in [0.15, 0.2) is 53.7 Å². The van der Waals surface area contributed by atoms with Gasteiger partial charge < -0.3 is 9.57 Å². The average Bonchev–Trinajstić information content (AvgIpc) is 3.23. The fourth-order valence-electron chi connectivity index (χ4n) is 3.25. The smallest absolute Gasteiger partial charge is 0.308 e. The van der Waals surface area contributed by atoms with E-state index in [9.17, 15) is 24.5 Å². The number of carbonyl (C=O) groups is 3. The number of ether oxygens (including phenoxy) is 1. The van der Waals surface area contributed by atoms with Gasteiger partial charge in [-0.05, 0) is 36.4 Å². The summed E-state index contributed by atoms with van der Waals surface area (Å²) >= 11 is 0. The number of nitrogens with zero attached hydrogens (tertiary/aromatic N) is 3. The van der Waals surface area contributed by atoms with Gasteiger partial charge in [0.2, 0.25) is 12.0 Å². The summed E-state index contributed by atoms with van der Waals surface area (Å²) in [6, 6.07) is 11.4. The maximum atomic E-state index is 13.0. The monoisotopic (exact) mass is 395 g/mol. The molecule has 146 valence electrons. The third-order valence-electron chi connectivity index (χ3n) is 4.54. The highest BCUT2D eigenvalue weighted by Crippen LogP contribution is 2.35. The third-order valence-corrected chi connectivity index (χ3v) is 4.54. The maximum Gasteiger partial charge on any atom is 0.308 e. The minimum Gasteiger partial charge on any atom is -0.427 e. The van der Waals surface area contributed by atoms with Crippen molar-refractivity contribution in [2.24, 2.45) is 11.1 Å². The zero-order valence-corrected chi connectivity index (χ0v) is 15.0. The number of oxime groups is 1. The molecule has 0 aromatic heterocycles. The Hall–Kier alpha value is -4.08. The first-order valence-electron chi connectivity index (χ1n) is 8.51. The molecule has 2 aromatic rings. The summed E-state index contributed by atoms with van der Waals surface area (Å²) < 4.78 is 4.94. The highest BCUT2D eigenvalue weighted by molar-refractivity contribution is 6.32. The van der Waals surface area contributed by atoms with Crippen LogP contribution in [0.3, 0.4) is 0 Å². The highest BCUT2D eigenvalue weighted by Gasteiger charge is 2.56. The van der Waals surface area contributed by atoms with Gasteiger partial charge in [0.25, 0.3) is 11.6 Å². The van der Waals surface area contributed by atoms with Crippen LogP contribution in [0, 0.1) is 16.0 Å². The van der Waals surface area contributed by atoms with Gasteiger partial charge >= 0.3 is 5.97 Å². The van der Waals surface area contributed by atoms with Crippen molar-refractivity contribution in [3.8, 4) is 5.75 Å². The lowest BCUT2D eigenvalue weighted by molar-refractivity contribution is -0.384. The third kappa shape index (κ3) is 3.10. The number of fused-ring (bicyclic) bond motifs is 1. The molecular weight excluding hydrogens is 382 g/mol. The van der Waals surface area contributed by atoms with E-state index in [2.05, 4.69) is 5.16 Å². The second kappa shape index (κ2) is 6.82. The normalized spacial score (nSPS) is 20.2. The van der Waals surface area contributed by atoms with E-state index in [1.807, 2.05) is 0 Å². The van der Waals surface area contributed by atoms with Gasteiger partial charge in [0.1, 0.15) is 17.4 Å². The van der Waals surface area contributed by atoms with Crippen molar-refractivity contribution in [1.29, 1.82) is 0 Å². The fraction of sp³-hybridized carbons (Fsp3) is 0.158. The molecule has 0 unspecified atom stereocenters. The van der Waals surface area contributed by atoms with E-state index in [0.717, 1.165) is 4.90 Å². The highest BCUT2D eigenvalue weighted by atomic mass is 16.7. The first kappa shape index (κ1) is 18.3. The predicted octanol–water partition coefficient (Wildman–Crippen LogP) is 1.81. The minimum atomic E-state index is -1.10. The molecule has 2 aliphatic rings. The summed E-state index contributed by atoms with van der Waals surface area (Å²) in [6.45, 7) is 1.26. The Labute approximate surface area is 163 Å². The summed E-state index contributed by atoms with van der Waals surface area (Å²) in [5, 5.41) is 14.7. The first-order chi connectivity index (χ1) is 13.9. The van der Waals surface area contributed by atoms with Crippen LogP contribution < -0.4 is 9.64 Å². The van der Waals surface area contributed by atoms with Gasteiger partial charge in [-0.25, -0.2) is 4.90 Å². The molecule has 0 radical (unpaired) electrons. The van der Waals surface area contributed by atoms with E-state index in [4.69, 9.17) is 9.57 Å². The Morgan fingerprint density at radius 3 is 2.34 bits per heavy atom. The number of carbonyl (C=O) groups excluding carboxylic acids is 3. The van der Waals surface area contributed by atoms with Crippen LogP contribution in [-0.2, 0) is 19.2 Å². The molecular formula is C19H13N3O7. The number of rotatable bonds is 4. The number of hydrogen-bond donors (Lipinski definition) is 0. The van der Waals surface area contributed by atoms with Crippen molar-refractivity contribution in [3.63, 3.8) is 0 Å². The molecule has 0 bridgehead atoms. The SMILES string of the molecule is CC(=O)Oc1ccc(N2C(=O)[C@H]3C(c4ccc([N+](=O)[O-])cc4)=NO[C@H]3C2=O)cc1. The van der Waals surface area contributed by atoms with E-state index in [1.54, 1.807) is 0 Å². The molecule has 4 rings (SSSR count). The summed E-state index contributed by atoms with van der Waals surface area (Å²) in [7, 11) is 0. The molecule has 1 fully saturated rings. The van der Waals surface area contributed by atoms with Gasteiger partial charge in [0, 0.05) is 24.6 Å². The van der Waals surface area contributed by atoms with Crippen molar-refractivity contribution < 1.29 is 28.9 Å². The van der Waals surface area contributed by atoms with Crippen molar-refractivity contribution in [3.05, 3.63) is 64.2 Å². The zero-order valence-electron chi connectivity index (χ0n) is 15.0. The Bertz CT molecular complexity index is 1060. The fourth-order valence-corrected chi connectivity index (χ4v) is 3.25. The standard InChI is InChI=1S/C19H13N3O7/c1-10(23)28-14-8-6-12(7-9-14)21-18(24)15-16(20-29-17(15)19(21)25)11-2-4-13(5-3-11)22(26)27/h2-9,15,17H,1H3/t15-,17+/m0/s1. The molecule has 1 saturated heterocycles. The van der Waals surface area contributed by atoms with E-state index in [1.165, 1.54) is 55.5 Å². The topological polar surface area (TPSA) is 128 Å². The molecule has 0 N–H and O–H groups in total. The Kier molecular flexibility index (Phi) is 4.30. The van der Waals surface area contributed by atoms with Gasteiger partial charge in [0.05, 0.1) is 10.6 Å². The molecule has 0 spiro atoms. The summed E-state index contributed by atoms with van der Waals surface area (Å²) in [4.78, 5) is 53.2. The second-order valence-electron chi connectivity index (χ2n) is 6.38. The molecule has 10 heteroatoms. The van der Waals surface area contributed by atoms with E-state index < -0.39 is 34.7 Å². The van der Waals surface area contributed by atoms with Gasteiger partial charge in [-0.3, -0.25) is 24.5 Å². The average molecular weight is 395 g/mol. The van der Waals surface area contributed by atoms with Crippen LogP contribution in [0.5, 0.6) is 5.75 Å². The number of anilines is 1. The number of benzene rings is 2. The van der Waals surface area contributed by atoms with E-state index in [0.29, 0.717) is 11.3 Å². The number of amides is 2. The number of nitro groups is 1. The lowest BCUT2D eigenvalue weighted by Crippen LogP contribution is -2.33. The molecule has 2 heterocycles. The largest absolute Gasteiger partial charge is 0.427 e. The van der Waals surface area contributed by atoms with Crippen LogP contribution >= 0.6 is 0 Å². The maximum absolute atomic E-state index is 13.0. The number of hydrogen-bond acceptors (Lipinski definition) is 8. The molecule has 0 aliphatic carbocycles. The van der Waals surface area contributed by atoms with Gasteiger partial charge in [0.15, 0.2) is 0 Å². The van der Waals surface area contributed by atoms with Crippen LogP contribution in [0.1, 0.15) is 12.5 Å². The lowest BCUT2D eigenvalue weighted by atomic mass is 9.94. The van der Waals surface area contributed by atoms with Gasteiger partial charge in [-0.15, -0.1) is 0 Å². The van der Waals surface area contributed by atoms with Crippen LogP contribution in [0.4, 0.5) is 11.4 Å². The summed E-state index contributed by atoms with van der Waals surface area (Å²) in [5.74, 6) is -2.24. The predicted molar refractivity (Wildman–Crippen MR) is 98.2 cm³/mol. The van der Waals surface area contributed by atoms with Crippen molar-refractivity contribution in [2.75, 3.05) is 4.90 Å². The second-order valence-corrected chi connectivity index (χ2v) is 6.38. The number of imide groups is 1. The Morgan fingerprint density at radius 1 is 1.10 bits per heavy atom. The molecule has 2 atom stereocenters. The number of non-ortho nitro benzene ring substituents is 1. The zero-order chi connectivity index (χ0) is 20.7.